The first-order valence-corrected chi connectivity index (χ1v) is 7.50. The quantitative estimate of drug-likeness (QED) is 0.582. The number of guanidine groups is 1. The zero-order chi connectivity index (χ0) is 14.0. The lowest BCUT2D eigenvalue weighted by atomic mass is 9.82. The fourth-order valence-corrected chi connectivity index (χ4v) is 3.80. The minimum atomic E-state index is -0.487. The number of para-hydroxylation sites is 1. The van der Waals surface area contributed by atoms with Crippen LogP contribution in [0.25, 0.3) is 0 Å². The number of fused-ring (bicyclic) bond motifs is 2. The van der Waals surface area contributed by atoms with Crippen molar-refractivity contribution in [3.63, 3.8) is 0 Å². The average Bonchev–Trinajstić information content (AvgIpc) is 3.00. The molecule has 0 amide bonds. The molecule has 0 saturated heterocycles. The van der Waals surface area contributed by atoms with E-state index in [0.717, 1.165) is 24.4 Å². The summed E-state index contributed by atoms with van der Waals surface area (Å²) in [5.41, 5.74) is 6.32. The summed E-state index contributed by atoms with van der Waals surface area (Å²) >= 11 is 0. The van der Waals surface area contributed by atoms with Gasteiger partial charge in [0, 0.05) is 12.2 Å². The number of hydrogen-bond acceptors (Lipinski definition) is 2. The van der Waals surface area contributed by atoms with E-state index in [4.69, 9.17) is 5.73 Å². The third kappa shape index (κ3) is 2.80. The maximum atomic E-state index is 10.7. The molecule has 20 heavy (non-hydrogen) atoms. The van der Waals surface area contributed by atoms with Crippen molar-refractivity contribution in [3.05, 3.63) is 30.3 Å². The summed E-state index contributed by atoms with van der Waals surface area (Å²) in [5, 5.41) is 13.7. The SMILES string of the molecule is NC(=NCCC1(O)CC2CCC1C2)Nc1ccccc1. The highest BCUT2D eigenvalue weighted by molar-refractivity contribution is 5.92. The Morgan fingerprint density at radius 2 is 2.15 bits per heavy atom. The van der Waals surface area contributed by atoms with Gasteiger partial charge in [-0.2, -0.15) is 0 Å². The number of nitrogens with one attached hydrogen (secondary N) is 1. The summed E-state index contributed by atoms with van der Waals surface area (Å²) in [7, 11) is 0. The normalized spacial score (nSPS) is 32.5. The lowest BCUT2D eigenvalue weighted by molar-refractivity contribution is -0.0181. The minimum absolute atomic E-state index is 0.419. The maximum Gasteiger partial charge on any atom is 0.193 e. The molecule has 4 nitrogen and oxygen atoms in total. The fraction of sp³-hybridized carbons (Fsp3) is 0.562. The zero-order valence-corrected chi connectivity index (χ0v) is 11.8. The van der Waals surface area contributed by atoms with Crippen molar-refractivity contribution in [1.29, 1.82) is 0 Å². The Balaban J connectivity index is 1.50. The molecule has 0 aliphatic heterocycles. The molecule has 2 aliphatic rings. The third-order valence-corrected chi connectivity index (χ3v) is 4.82. The Hall–Kier alpha value is -1.55. The highest BCUT2D eigenvalue weighted by Gasteiger charge is 2.49. The molecule has 0 spiro atoms. The number of aliphatic imine (C=N–C) groups is 1. The van der Waals surface area contributed by atoms with Crippen LogP contribution in [0.4, 0.5) is 5.69 Å². The van der Waals surface area contributed by atoms with Crippen LogP contribution in [0.3, 0.4) is 0 Å². The van der Waals surface area contributed by atoms with Crippen LogP contribution in [-0.2, 0) is 0 Å². The second kappa shape index (κ2) is 5.44. The summed E-state index contributed by atoms with van der Waals surface area (Å²) in [4.78, 5) is 4.34. The molecule has 4 N–H and O–H groups in total. The predicted molar refractivity (Wildman–Crippen MR) is 81.6 cm³/mol. The topological polar surface area (TPSA) is 70.6 Å². The standard InChI is InChI=1S/C16H23N3O/c17-15(19-14-4-2-1-3-5-14)18-9-8-16(20)11-12-6-7-13(16)10-12/h1-5,12-13,20H,6-11H2,(H3,17,18,19). The number of nitrogens with two attached hydrogens (primary N) is 1. The van der Waals surface area contributed by atoms with Crippen LogP contribution < -0.4 is 11.1 Å². The highest BCUT2D eigenvalue weighted by Crippen LogP contribution is 2.52. The molecule has 108 valence electrons. The van der Waals surface area contributed by atoms with Gasteiger partial charge in [-0.05, 0) is 56.1 Å². The van der Waals surface area contributed by atoms with Crippen molar-refractivity contribution in [2.45, 2.75) is 37.7 Å². The van der Waals surface area contributed by atoms with Crippen LogP contribution in [0.15, 0.2) is 35.3 Å². The molecular formula is C16H23N3O. The molecule has 3 atom stereocenters. The number of benzene rings is 1. The van der Waals surface area contributed by atoms with E-state index in [1.807, 2.05) is 30.3 Å². The Labute approximate surface area is 120 Å². The van der Waals surface area contributed by atoms with Crippen LogP contribution >= 0.6 is 0 Å². The Morgan fingerprint density at radius 3 is 2.80 bits per heavy atom. The second-order valence-corrected chi connectivity index (χ2v) is 6.19. The van der Waals surface area contributed by atoms with Crippen LogP contribution in [0.2, 0.25) is 0 Å². The van der Waals surface area contributed by atoms with Crippen LogP contribution in [0.1, 0.15) is 32.1 Å². The molecule has 3 unspecified atom stereocenters. The lowest BCUT2D eigenvalue weighted by Gasteiger charge is -2.31. The minimum Gasteiger partial charge on any atom is -0.390 e. The van der Waals surface area contributed by atoms with E-state index < -0.39 is 5.60 Å². The van der Waals surface area contributed by atoms with Gasteiger partial charge in [0.15, 0.2) is 5.96 Å². The van der Waals surface area contributed by atoms with Crippen molar-refractivity contribution in [1.82, 2.24) is 0 Å². The molecule has 0 heterocycles. The molecule has 2 bridgehead atoms. The first-order valence-electron chi connectivity index (χ1n) is 7.50. The van der Waals surface area contributed by atoms with Gasteiger partial charge in [-0.15, -0.1) is 0 Å². The largest absolute Gasteiger partial charge is 0.390 e. The number of aliphatic hydroxyl groups is 1. The van der Waals surface area contributed by atoms with Crippen LogP contribution in [-0.4, -0.2) is 23.2 Å². The second-order valence-electron chi connectivity index (χ2n) is 6.19. The molecule has 0 radical (unpaired) electrons. The number of hydrogen-bond donors (Lipinski definition) is 3. The van der Waals surface area contributed by atoms with Crippen molar-refractivity contribution in [3.8, 4) is 0 Å². The monoisotopic (exact) mass is 273 g/mol. The summed E-state index contributed by atoms with van der Waals surface area (Å²) in [6.07, 6.45) is 5.37. The average molecular weight is 273 g/mol. The van der Waals surface area contributed by atoms with Crippen LogP contribution in [0, 0.1) is 11.8 Å². The van der Waals surface area contributed by atoms with Gasteiger partial charge in [0.2, 0.25) is 0 Å². The summed E-state index contributed by atoms with van der Waals surface area (Å²) < 4.78 is 0. The van der Waals surface area contributed by atoms with E-state index >= 15 is 0 Å². The molecule has 4 heteroatoms. The van der Waals surface area contributed by atoms with Gasteiger partial charge in [-0.1, -0.05) is 18.2 Å². The van der Waals surface area contributed by atoms with E-state index in [0.29, 0.717) is 18.4 Å². The van der Waals surface area contributed by atoms with Crippen LogP contribution in [0.5, 0.6) is 0 Å². The predicted octanol–water partition coefficient (Wildman–Crippen LogP) is 2.35. The first kappa shape index (κ1) is 13.4. The smallest absolute Gasteiger partial charge is 0.193 e. The van der Waals surface area contributed by atoms with E-state index in [9.17, 15) is 5.11 Å². The van der Waals surface area contributed by atoms with Gasteiger partial charge >= 0.3 is 0 Å². The summed E-state index contributed by atoms with van der Waals surface area (Å²) in [6, 6.07) is 9.77. The molecule has 3 rings (SSSR count). The van der Waals surface area contributed by atoms with Crippen molar-refractivity contribution < 1.29 is 5.11 Å². The van der Waals surface area contributed by atoms with Crippen molar-refractivity contribution >= 4 is 11.6 Å². The van der Waals surface area contributed by atoms with Gasteiger partial charge in [-0.3, -0.25) is 4.99 Å². The zero-order valence-electron chi connectivity index (χ0n) is 11.8. The van der Waals surface area contributed by atoms with E-state index in [1.54, 1.807) is 0 Å². The highest BCUT2D eigenvalue weighted by atomic mass is 16.3. The lowest BCUT2D eigenvalue weighted by Crippen LogP contribution is -2.36. The van der Waals surface area contributed by atoms with Gasteiger partial charge in [0.05, 0.1) is 5.60 Å². The van der Waals surface area contributed by atoms with Gasteiger partial charge in [0.25, 0.3) is 0 Å². The molecular weight excluding hydrogens is 250 g/mol. The Bertz CT molecular complexity index is 488. The molecule has 1 aromatic rings. The third-order valence-electron chi connectivity index (χ3n) is 4.82. The summed E-state index contributed by atoms with van der Waals surface area (Å²) in [5.74, 6) is 1.66. The van der Waals surface area contributed by atoms with E-state index in [2.05, 4.69) is 10.3 Å². The van der Waals surface area contributed by atoms with Gasteiger partial charge in [-0.25, -0.2) is 0 Å². The molecule has 2 saturated carbocycles. The van der Waals surface area contributed by atoms with Gasteiger partial charge < -0.3 is 16.2 Å². The molecule has 2 fully saturated rings. The van der Waals surface area contributed by atoms with E-state index in [1.165, 1.54) is 19.3 Å². The number of rotatable bonds is 4. The Kier molecular flexibility index (Phi) is 3.66. The van der Waals surface area contributed by atoms with Crippen molar-refractivity contribution in [2.24, 2.45) is 22.6 Å². The van der Waals surface area contributed by atoms with E-state index in [-0.39, 0.29) is 0 Å². The number of anilines is 1. The molecule has 2 aliphatic carbocycles. The maximum absolute atomic E-state index is 10.7. The Morgan fingerprint density at radius 1 is 1.35 bits per heavy atom. The number of nitrogens with zero attached hydrogens (tertiary/aromatic N) is 1. The molecule has 0 aromatic heterocycles. The fourth-order valence-electron chi connectivity index (χ4n) is 3.80. The van der Waals surface area contributed by atoms with Crippen molar-refractivity contribution in [2.75, 3.05) is 11.9 Å². The first-order chi connectivity index (χ1) is 9.66. The van der Waals surface area contributed by atoms with Gasteiger partial charge in [0.1, 0.15) is 0 Å². The molecule has 1 aromatic carbocycles. The summed E-state index contributed by atoms with van der Waals surface area (Å²) in [6.45, 7) is 0.589.